The Hall–Kier alpha value is -13.3. The average molecular weight is 1350 g/mol. The van der Waals surface area contributed by atoms with Crippen molar-refractivity contribution in [2.75, 3.05) is 28.4 Å². The van der Waals surface area contributed by atoms with Crippen LogP contribution < -0.4 is 18.9 Å². The van der Waals surface area contributed by atoms with E-state index in [1.54, 1.807) is 28.4 Å². The van der Waals surface area contributed by atoms with E-state index in [4.69, 9.17) is 18.9 Å². The molecule has 496 valence electrons. The quantitative estimate of drug-likeness (QED) is 0.142. The fraction of sp³-hybridized carbons (Fsp3) is 0.0588. The van der Waals surface area contributed by atoms with Crippen LogP contribution in [0.15, 0.2) is 279 Å². The third kappa shape index (κ3) is 7.86. The summed E-state index contributed by atoms with van der Waals surface area (Å²) in [5.74, 6) is 3.57. The molecular weight excluding hydrogens is 1290 g/mol. The first-order chi connectivity index (χ1) is 52.2. The van der Waals surface area contributed by atoms with Gasteiger partial charge in [-0.05, 0) is 269 Å². The molecule has 24 aromatic rings. The first kappa shape index (κ1) is 59.3. The second kappa shape index (κ2) is 21.7. The van der Waals surface area contributed by atoms with E-state index in [1.807, 2.05) is 0 Å². The molecule has 106 heavy (non-hydrogen) atoms. The van der Waals surface area contributed by atoms with Crippen LogP contribution in [0, 0.1) is 13.8 Å². The number of benzene rings is 24. The van der Waals surface area contributed by atoms with Crippen molar-refractivity contribution < 1.29 is 18.9 Å². The molecule has 4 nitrogen and oxygen atoms in total. The molecule has 0 spiro atoms. The van der Waals surface area contributed by atoms with Crippen LogP contribution in [-0.4, -0.2) is 28.4 Å². The van der Waals surface area contributed by atoms with E-state index in [1.165, 1.54) is 228 Å². The number of hydrogen-bond acceptors (Lipinski definition) is 4. The first-order valence-electron chi connectivity index (χ1n) is 36.6. The lowest BCUT2D eigenvalue weighted by Crippen LogP contribution is -1.96. The third-order valence-electron chi connectivity index (χ3n) is 24.5. The van der Waals surface area contributed by atoms with Gasteiger partial charge in [-0.2, -0.15) is 0 Å². The van der Waals surface area contributed by atoms with E-state index in [9.17, 15) is 0 Å². The van der Waals surface area contributed by atoms with Crippen molar-refractivity contribution in [2.24, 2.45) is 0 Å². The van der Waals surface area contributed by atoms with E-state index in [0.717, 1.165) is 44.5 Å². The maximum atomic E-state index is 6.25. The van der Waals surface area contributed by atoms with Gasteiger partial charge in [-0.15, -0.1) is 0 Å². The van der Waals surface area contributed by atoms with Crippen molar-refractivity contribution >= 4 is 194 Å². The van der Waals surface area contributed by atoms with Crippen molar-refractivity contribution in [2.45, 2.75) is 13.8 Å². The monoisotopic (exact) mass is 1350 g/mol. The highest BCUT2D eigenvalue weighted by Crippen LogP contribution is 2.54. The van der Waals surface area contributed by atoms with Crippen LogP contribution in [0.1, 0.15) is 11.1 Å². The van der Waals surface area contributed by atoms with Gasteiger partial charge in [0.05, 0.1) is 28.4 Å². The van der Waals surface area contributed by atoms with Gasteiger partial charge in [0.25, 0.3) is 0 Å². The molecule has 0 fully saturated rings. The Balaban J connectivity index is 0.000000129. The summed E-state index contributed by atoms with van der Waals surface area (Å²) in [6.07, 6.45) is 0. The minimum Gasteiger partial charge on any atom is -0.496 e. The Morgan fingerprint density at radius 1 is 0.142 bits per heavy atom. The van der Waals surface area contributed by atoms with E-state index < -0.39 is 0 Å². The molecule has 24 aromatic carbocycles. The number of hydrogen-bond donors (Lipinski definition) is 0. The summed E-state index contributed by atoms with van der Waals surface area (Å²) in [6, 6.07) is 104. The maximum Gasteiger partial charge on any atom is 0.127 e. The van der Waals surface area contributed by atoms with E-state index >= 15 is 0 Å². The molecule has 0 aromatic heterocycles. The SMILES string of the molecule is COc1cc(-c2ccc3ccc4c(C)ccc5ccc2c3c54)c2ccc3c(-c4ccc5ccc6c(C)ccc7ccc4c5c76)cc(OC)c4ccc1c2c43.COc1ccc2ccc3c(-c4ccc5ccc6ccc(-c7ccc8ccc9c(OC)ccc%10ccc7c8c%109)c7ccc4c5c67)ccc4ccc1c2c43. The van der Waals surface area contributed by atoms with Crippen molar-refractivity contribution in [1.29, 1.82) is 0 Å². The van der Waals surface area contributed by atoms with Gasteiger partial charge in [0.1, 0.15) is 23.0 Å². The lowest BCUT2D eigenvalue weighted by Gasteiger charge is -2.22. The molecular formula is C102H64O4. The Morgan fingerprint density at radius 3 is 0.594 bits per heavy atom. The fourth-order valence-corrected chi connectivity index (χ4v) is 19.7. The highest BCUT2D eigenvalue weighted by molar-refractivity contribution is 6.36. The van der Waals surface area contributed by atoms with Gasteiger partial charge in [0.2, 0.25) is 0 Å². The summed E-state index contributed by atoms with van der Waals surface area (Å²) < 4.78 is 24.1. The molecule has 24 rings (SSSR count). The topological polar surface area (TPSA) is 36.9 Å². The van der Waals surface area contributed by atoms with Gasteiger partial charge < -0.3 is 18.9 Å². The highest BCUT2D eigenvalue weighted by Gasteiger charge is 2.26. The third-order valence-corrected chi connectivity index (χ3v) is 24.5. The molecule has 0 heterocycles. The summed E-state index contributed by atoms with van der Waals surface area (Å²) in [6.45, 7) is 4.43. The van der Waals surface area contributed by atoms with Crippen LogP contribution in [0.25, 0.3) is 238 Å². The Kier molecular flexibility index (Phi) is 12.1. The predicted octanol–water partition coefficient (Wildman–Crippen LogP) is 28.1. The Bertz CT molecular complexity index is 7430. The molecule has 0 N–H and O–H groups in total. The summed E-state index contributed by atoms with van der Waals surface area (Å²) in [7, 11) is 7.10. The number of ether oxygens (including phenoxy) is 4. The molecule has 0 aliphatic carbocycles. The van der Waals surface area contributed by atoms with Crippen LogP contribution >= 0.6 is 0 Å². The van der Waals surface area contributed by atoms with Crippen molar-refractivity contribution in [3.05, 3.63) is 290 Å². The van der Waals surface area contributed by atoms with Gasteiger partial charge in [0.15, 0.2) is 0 Å². The van der Waals surface area contributed by atoms with Gasteiger partial charge >= 0.3 is 0 Å². The Labute approximate surface area is 609 Å². The molecule has 0 amide bonds. The van der Waals surface area contributed by atoms with E-state index in [2.05, 4.69) is 293 Å². The minimum atomic E-state index is 0.871. The van der Waals surface area contributed by atoms with Gasteiger partial charge in [-0.25, -0.2) is 0 Å². The summed E-state index contributed by atoms with van der Waals surface area (Å²) in [4.78, 5) is 0. The maximum absolute atomic E-state index is 6.25. The molecule has 0 saturated carbocycles. The normalized spacial score (nSPS) is 12.4. The molecule has 0 radical (unpaired) electrons. The predicted molar refractivity (Wildman–Crippen MR) is 453 cm³/mol. The summed E-state index contributed by atoms with van der Waals surface area (Å²) in [5, 5.41) is 45.3. The average Bonchev–Trinajstić information content (AvgIpc) is 0.673. The van der Waals surface area contributed by atoms with Crippen molar-refractivity contribution in [3.63, 3.8) is 0 Å². The van der Waals surface area contributed by atoms with Crippen LogP contribution in [-0.2, 0) is 0 Å². The second-order valence-corrected chi connectivity index (χ2v) is 29.4. The van der Waals surface area contributed by atoms with Crippen LogP contribution in [0.2, 0.25) is 0 Å². The van der Waals surface area contributed by atoms with Crippen molar-refractivity contribution in [3.8, 4) is 67.5 Å². The van der Waals surface area contributed by atoms with Crippen LogP contribution in [0.4, 0.5) is 0 Å². The zero-order chi connectivity index (χ0) is 70.2. The fourth-order valence-electron chi connectivity index (χ4n) is 19.7. The van der Waals surface area contributed by atoms with Gasteiger partial charge in [0, 0.05) is 43.1 Å². The highest BCUT2D eigenvalue weighted by atomic mass is 16.5. The number of methoxy groups -OCH3 is 4. The molecule has 4 heteroatoms. The lowest BCUT2D eigenvalue weighted by molar-refractivity contribution is 0.419. The number of aryl methyl sites for hydroxylation is 2. The Morgan fingerprint density at radius 2 is 0.311 bits per heavy atom. The van der Waals surface area contributed by atoms with E-state index in [0.29, 0.717) is 0 Å². The zero-order valence-corrected chi connectivity index (χ0v) is 59.2. The lowest BCUT2D eigenvalue weighted by atomic mass is 9.83. The largest absolute Gasteiger partial charge is 0.496 e. The molecule has 0 unspecified atom stereocenters. The molecule has 0 bridgehead atoms. The van der Waals surface area contributed by atoms with Crippen LogP contribution in [0.3, 0.4) is 0 Å². The zero-order valence-electron chi connectivity index (χ0n) is 59.2. The van der Waals surface area contributed by atoms with Gasteiger partial charge in [-0.1, -0.05) is 231 Å². The standard InChI is InChI=1S/C52H34O2.C50H30O2/c1-27-5-7-29-13-19-37-35(17-11-31-9-15-33(27)47(29)49(31)37)43-25-45(53-3)41-23-24-42-46(54-4)26-44(40-22-21-39(43)51(41)52(40)42)36-18-12-32-10-16-34-28(2)6-8-30-14-20-38(36)50(32)48(30)34;1-51-43-25-13-31-9-19-37-33(17-7-29-11-21-41(43)49(31)47(29)37)35-15-5-27-3-4-28-6-16-36(40-24-23-39(35)45(27)46(28)40)34-18-8-30-12-22-42-44(52-2)26-14-32-10-20-38(34)48(30)50(32)42/h5-26H,1-4H3;3-26H,1-2H3. The number of rotatable bonds is 8. The molecule has 0 atom stereocenters. The summed E-state index contributed by atoms with van der Waals surface area (Å²) >= 11 is 0. The minimum absolute atomic E-state index is 0.871. The van der Waals surface area contributed by atoms with Crippen LogP contribution in [0.5, 0.6) is 23.0 Å². The molecule has 0 aliphatic heterocycles. The first-order valence-corrected chi connectivity index (χ1v) is 36.6. The smallest absolute Gasteiger partial charge is 0.127 e. The van der Waals surface area contributed by atoms with Crippen molar-refractivity contribution in [1.82, 2.24) is 0 Å². The second-order valence-electron chi connectivity index (χ2n) is 29.4. The van der Waals surface area contributed by atoms with E-state index in [-0.39, 0.29) is 0 Å². The molecule has 0 saturated heterocycles. The molecule has 0 aliphatic rings. The van der Waals surface area contributed by atoms with Gasteiger partial charge in [-0.3, -0.25) is 0 Å². The summed E-state index contributed by atoms with van der Waals surface area (Å²) in [5.41, 5.74) is 12.4.